The Bertz CT molecular complexity index is 2760. The molecular formula is C55H43N3. The van der Waals surface area contributed by atoms with E-state index in [0.717, 1.165) is 39.7 Å². The summed E-state index contributed by atoms with van der Waals surface area (Å²) < 4.78 is 0. The molecule has 0 radical (unpaired) electrons. The van der Waals surface area contributed by atoms with Gasteiger partial charge in [-0.05, 0) is 124 Å². The Kier molecular flexibility index (Phi) is 7.73. The highest BCUT2D eigenvalue weighted by atomic mass is 15.0. The predicted molar refractivity (Wildman–Crippen MR) is 236 cm³/mol. The molecule has 58 heavy (non-hydrogen) atoms. The number of fused-ring (bicyclic) bond motifs is 3. The number of aromatic nitrogens is 3. The van der Waals surface area contributed by atoms with Crippen molar-refractivity contribution in [2.24, 2.45) is 23.7 Å². The van der Waals surface area contributed by atoms with Gasteiger partial charge in [-0.2, -0.15) is 0 Å². The molecule has 0 saturated heterocycles. The van der Waals surface area contributed by atoms with Crippen molar-refractivity contribution in [3.8, 4) is 78.7 Å². The van der Waals surface area contributed by atoms with Crippen LogP contribution in [0.25, 0.3) is 78.7 Å². The quantitative estimate of drug-likeness (QED) is 0.170. The lowest BCUT2D eigenvalue weighted by atomic mass is 9.43. The first-order valence-corrected chi connectivity index (χ1v) is 21.1. The summed E-state index contributed by atoms with van der Waals surface area (Å²) in [6, 6.07) is 63.8. The van der Waals surface area contributed by atoms with Crippen molar-refractivity contribution in [3.63, 3.8) is 0 Å². The van der Waals surface area contributed by atoms with Gasteiger partial charge < -0.3 is 0 Å². The fourth-order valence-corrected chi connectivity index (χ4v) is 12.0. The lowest BCUT2D eigenvalue weighted by molar-refractivity contribution is -0.0399. The fraction of sp³-hybridized carbons (Fsp3) is 0.182. The largest absolute Gasteiger partial charge is 0.208 e. The van der Waals surface area contributed by atoms with Gasteiger partial charge >= 0.3 is 0 Å². The van der Waals surface area contributed by atoms with E-state index in [-0.39, 0.29) is 5.41 Å². The lowest BCUT2D eigenvalue weighted by Gasteiger charge is -2.61. The van der Waals surface area contributed by atoms with E-state index in [1.165, 1.54) is 65.5 Å². The summed E-state index contributed by atoms with van der Waals surface area (Å²) in [4.78, 5) is 15.7. The number of nitrogens with zero attached hydrogens (tertiary/aromatic N) is 3. The molecular weight excluding hydrogens is 703 g/mol. The zero-order valence-electron chi connectivity index (χ0n) is 32.4. The molecule has 4 saturated carbocycles. The van der Waals surface area contributed by atoms with Crippen molar-refractivity contribution in [2.45, 2.75) is 37.5 Å². The van der Waals surface area contributed by atoms with Crippen LogP contribution < -0.4 is 0 Å². The minimum Gasteiger partial charge on any atom is -0.208 e. The molecule has 0 N–H and O–H groups in total. The van der Waals surface area contributed by atoms with E-state index < -0.39 is 0 Å². The van der Waals surface area contributed by atoms with Crippen molar-refractivity contribution in [2.75, 3.05) is 0 Å². The van der Waals surface area contributed by atoms with E-state index in [0.29, 0.717) is 29.3 Å². The highest BCUT2D eigenvalue weighted by Crippen LogP contribution is 2.69. The molecule has 0 amide bonds. The molecule has 0 unspecified atom stereocenters. The highest BCUT2D eigenvalue weighted by Gasteiger charge is 2.61. The van der Waals surface area contributed by atoms with E-state index in [2.05, 4.69) is 140 Å². The van der Waals surface area contributed by atoms with Gasteiger partial charge in [0.25, 0.3) is 0 Å². The van der Waals surface area contributed by atoms with Gasteiger partial charge in [0.2, 0.25) is 0 Å². The predicted octanol–water partition coefficient (Wildman–Crippen LogP) is 13.6. The molecule has 0 atom stereocenters. The van der Waals surface area contributed by atoms with E-state index in [4.69, 9.17) is 15.0 Å². The Labute approximate surface area is 340 Å². The second-order valence-electron chi connectivity index (χ2n) is 17.2. The summed E-state index contributed by atoms with van der Waals surface area (Å²) in [5, 5.41) is 0. The highest BCUT2D eigenvalue weighted by molar-refractivity contribution is 5.93. The molecule has 4 fully saturated rings. The molecule has 5 aliphatic carbocycles. The first-order chi connectivity index (χ1) is 28.7. The standard InChI is InChI=1S/C55H43N3/c1-4-14-37(15-5-1)44-20-10-11-21-45(44)46-26-24-40(33-49(46)54-57-52(38-16-6-2-7-17-38)56-53(58-54)39-18-8-3-9-19-39)41-25-27-48-47-22-12-13-23-50(47)55(51(48)34-41)42-29-35-28-36(31-42)32-43(55)30-35/h1-27,33-36,42-43H,28-32H2. The van der Waals surface area contributed by atoms with Crippen molar-refractivity contribution < 1.29 is 0 Å². The monoisotopic (exact) mass is 745 g/mol. The third-order valence-corrected chi connectivity index (χ3v) is 14.1. The Balaban J connectivity index is 1.08. The third kappa shape index (κ3) is 5.22. The Hall–Kier alpha value is -6.45. The molecule has 13 rings (SSSR count). The van der Waals surface area contributed by atoms with Gasteiger partial charge in [0, 0.05) is 22.1 Å². The lowest BCUT2D eigenvalue weighted by Crippen LogP contribution is -2.55. The maximum atomic E-state index is 5.30. The minimum absolute atomic E-state index is 0.107. The van der Waals surface area contributed by atoms with Crippen LogP contribution in [0.3, 0.4) is 0 Å². The molecule has 1 heterocycles. The van der Waals surface area contributed by atoms with Crippen LogP contribution in [0.5, 0.6) is 0 Å². The molecule has 8 aromatic rings. The van der Waals surface area contributed by atoms with Crippen LogP contribution in [0.4, 0.5) is 0 Å². The molecule has 4 bridgehead atoms. The molecule has 1 aromatic heterocycles. The number of rotatable bonds is 6. The summed E-state index contributed by atoms with van der Waals surface area (Å²) in [5.41, 5.74) is 16.1. The zero-order valence-corrected chi connectivity index (χ0v) is 32.4. The van der Waals surface area contributed by atoms with Crippen LogP contribution in [-0.4, -0.2) is 15.0 Å². The molecule has 1 spiro atoms. The van der Waals surface area contributed by atoms with Gasteiger partial charge in [-0.1, -0.05) is 164 Å². The van der Waals surface area contributed by atoms with Crippen LogP contribution in [-0.2, 0) is 5.41 Å². The smallest absolute Gasteiger partial charge is 0.164 e. The van der Waals surface area contributed by atoms with Crippen LogP contribution in [0.15, 0.2) is 176 Å². The first-order valence-electron chi connectivity index (χ1n) is 21.1. The second-order valence-corrected chi connectivity index (χ2v) is 17.2. The molecule has 5 aliphatic rings. The van der Waals surface area contributed by atoms with E-state index in [1.54, 1.807) is 11.1 Å². The third-order valence-electron chi connectivity index (χ3n) is 14.1. The molecule has 3 heteroatoms. The minimum atomic E-state index is 0.107. The van der Waals surface area contributed by atoms with E-state index >= 15 is 0 Å². The van der Waals surface area contributed by atoms with Gasteiger partial charge in [0.05, 0.1) is 0 Å². The van der Waals surface area contributed by atoms with E-state index in [9.17, 15) is 0 Å². The van der Waals surface area contributed by atoms with Crippen molar-refractivity contribution in [1.82, 2.24) is 15.0 Å². The topological polar surface area (TPSA) is 38.7 Å². The fourth-order valence-electron chi connectivity index (χ4n) is 12.0. The Morgan fingerprint density at radius 3 is 1.38 bits per heavy atom. The van der Waals surface area contributed by atoms with Crippen molar-refractivity contribution in [3.05, 3.63) is 187 Å². The van der Waals surface area contributed by atoms with Gasteiger partial charge in [-0.25, -0.2) is 15.0 Å². The van der Waals surface area contributed by atoms with Gasteiger partial charge in [0.15, 0.2) is 17.5 Å². The SMILES string of the molecule is c1ccc(-c2nc(-c3ccccc3)nc(-c3cc(-c4ccc5c(c4)C4(c6ccccc6-5)C5CC6CC(C5)CC4C6)ccc3-c3ccccc3-c3ccccc3)n2)cc1. The van der Waals surface area contributed by atoms with Gasteiger partial charge in [-0.3, -0.25) is 0 Å². The summed E-state index contributed by atoms with van der Waals surface area (Å²) >= 11 is 0. The average molecular weight is 746 g/mol. The summed E-state index contributed by atoms with van der Waals surface area (Å²) in [6.45, 7) is 0. The van der Waals surface area contributed by atoms with Gasteiger partial charge in [0.1, 0.15) is 0 Å². The zero-order chi connectivity index (χ0) is 38.2. The van der Waals surface area contributed by atoms with Crippen LogP contribution in [0.2, 0.25) is 0 Å². The Morgan fingerprint density at radius 2 is 0.759 bits per heavy atom. The summed E-state index contributed by atoms with van der Waals surface area (Å²) in [5.74, 6) is 5.23. The average Bonchev–Trinajstić information content (AvgIpc) is 3.58. The molecule has 7 aromatic carbocycles. The van der Waals surface area contributed by atoms with E-state index in [1.807, 2.05) is 36.4 Å². The maximum absolute atomic E-state index is 5.30. The molecule has 3 nitrogen and oxygen atoms in total. The number of hydrogen-bond acceptors (Lipinski definition) is 3. The normalized spacial score (nSPS) is 22.2. The number of hydrogen-bond donors (Lipinski definition) is 0. The Morgan fingerprint density at radius 1 is 0.310 bits per heavy atom. The van der Waals surface area contributed by atoms with Crippen molar-refractivity contribution in [1.29, 1.82) is 0 Å². The summed E-state index contributed by atoms with van der Waals surface area (Å²) in [7, 11) is 0. The van der Waals surface area contributed by atoms with Crippen molar-refractivity contribution >= 4 is 0 Å². The summed E-state index contributed by atoms with van der Waals surface area (Å²) in [6.07, 6.45) is 6.94. The number of benzene rings is 7. The maximum Gasteiger partial charge on any atom is 0.164 e. The van der Waals surface area contributed by atoms with Crippen LogP contribution >= 0.6 is 0 Å². The first kappa shape index (κ1) is 33.7. The van der Waals surface area contributed by atoms with Gasteiger partial charge in [-0.15, -0.1) is 0 Å². The second kappa shape index (κ2) is 13.3. The van der Waals surface area contributed by atoms with Crippen LogP contribution in [0.1, 0.15) is 43.2 Å². The molecule has 0 aliphatic heterocycles. The molecule has 278 valence electrons. The van der Waals surface area contributed by atoms with Crippen LogP contribution in [0, 0.1) is 23.7 Å².